The fourth-order valence-electron chi connectivity index (χ4n) is 1.60. The van der Waals surface area contributed by atoms with Crippen LogP contribution >= 0.6 is 23.2 Å². The van der Waals surface area contributed by atoms with Crippen LogP contribution in [0.3, 0.4) is 0 Å². The Morgan fingerprint density at radius 1 is 1.25 bits per heavy atom. The minimum Gasteiger partial charge on any atom is -0.381 e. The van der Waals surface area contributed by atoms with Gasteiger partial charge in [-0.05, 0) is 19.9 Å². The van der Waals surface area contributed by atoms with Crippen LogP contribution in [0.2, 0.25) is 10.0 Å². The molecule has 0 saturated heterocycles. The Kier molecular flexibility index (Phi) is 4.73. The van der Waals surface area contributed by atoms with Gasteiger partial charge in [0.25, 0.3) is 0 Å². The van der Waals surface area contributed by atoms with Crippen molar-refractivity contribution in [3.63, 3.8) is 0 Å². The molecule has 0 unspecified atom stereocenters. The van der Waals surface area contributed by atoms with Crippen LogP contribution in [0.4, 0.5) is 17.1 Å². The zero-order valence-electron chi connectivity index (χ0n) is 10.9. The maximum absolute atomic E-state index is 11.8. The Labute approximate surface area is 131 Å². The summed E-state index contributed by atoms with van der Waals surface area (Å²) in [4.78, 5) is 0. The monoisotopic (exact) mass is 353 g/mol. The van der Waals surface area contributed by atoms with Gasteiger partial charge in [-0.3, -0.25) is 0 Å². The third kappa shape index (κ3) is 3.16. The van der Waals surface area contributed by atoms with Gasteiger partial charge in [-0.2, -0.15) is 8.73 Å². The van der Waals surface area contributed by atoms with Gasteiger partial charge < -0.3 is 5.32 Å². The molecule has 110 valence electrons. The summed E-state index contributed by atoms with van der Waals surface area (Å²) in [5.74, 6) is 0.0304. The molecule has 0 atom stereocenters. The van der Waals surface area contributed by atoms with Crippen molar-refractivity contribution in [2.75, 3.05) is 17.6 Å². The van der Waals surface area contributed by atoms with E-state index in [0.29, 0.717) is 27.1 Å². The van der Waals surface area contributed by atoms with E-state index in [4.69, 9.17) is 23.2 Å². The molecule has 9 heteroatoms. The van der Waals surface area contributed by atoms with Crippen molar-refractivity contribution in [2.24, 2.45) is 8.73 Å². The molecular formula is C11H13Cl2N3O2S2. The highest BCUT2D eigenvalue weighted by atomic mass is 35.5. The number of hydrogen-bond acceptors (Lipinski definition) is 5. The summed E-state index contributed by atoms with van der Waals surface area (Å²) in [6, 6.07) is 1.58. The lowest BCUT2D eigenvalue weighted by atomic mass is 10.2. The number of benzene rings is 1. The molecular weight excluding hydrogens is 341 g/mol. The summed E-state index contributed by atoms with van der Waals surface area (Å²) in [6.45, 7) is 3.58. The fourth-order valence-corrected chi connectivity index (χ4v) is 3.63. The van der Waals surface area contributed by atoms with Crippen LogP contribution in [0, 0.1) is 0 Å². The lowest BCUT2D eigenvalue weighted by molar-refractivity contribution is 0.588. The van der Waals surface area contributed by atoms with Crippen molar-refractivity contribution in [3.8, 4) is 0 Å². The quantitative estimate of drug-likeness (QED) is 0.884. The molecule has 2 rings (SSSR count). The number of nitrogens with one attached hydrogen (secondary N) is 1. The molecule has 1 aromatic carbocycles. The van der Waals surface area contributed by atoms with E-state index in [9.17, 15) is 8.42 Å². The maximum Gasteiger partial charge on any atom is 0.154 e. The average molecular weight is 354 g/mol. The normalized spacial score (nSPS) is 13.4. The molecule has 1 aliphatic rings. The topological polar surface area (TPSA) is 70.9 Å². The zero-order chi connectivity index (χ0) is 14.9. The number of sulfone groups is 1. The summed E-state index contributed by atoms with van der Waals surface area (Å²) in [5.41, 5.74) is 1.70. The molecule has 0 radical (unpaired) electrons. The molecule has 0 bridgehead atoms. The van der Waals surface area contributed by atoms with E-state index in [-0.39, 0.29) is 12.3 Å². The van der Waals surface area contributed by atoms with Crippen molar-refractivity contribution >= 4 is 61.5 Å². The van der Waals surface area contributed by atoms with E-state index in [0.717, 1.165) is 11.4 Å². The molecule has 1 aromatic rings. The van der Waals surface area contributed by atoms with Crippen molar-refractivity contribution in [1.29, 1.82) is 0 Å². The highest BCUT2D eigenvalue weighted by Crippen LogP contribution is 2.47. The molecule has 0 spiro atoms. The number of halogens is 2. The summed E-state index contributed by atoms with van der Waals surface area (Å²) in [5, 5.41) is 3.45. The van der Waals surface area contributed by atoms with Gasteiger partial charge in [-0.1, -0.05) is 23.2 Å². The molecule has 1 aliphatic heterocycles. The predicted octanol–water partition coefficient (Wildman–Crippen LogP) is 3.95. The fraction of sp³-hybridized carbons (Fsp3) is 0.455. The van der Waals surface area contributed by atoms with Gasteiger partial charge in [0.15, 0.2) is 9.84 Å². The van der Waals surface area contributed by atoms with Crippen LogP contribution in [0.15, 0.2) is 14.8 Å². The zero-order valence-corrected chi connectivity index (χ0v) is 14.0. The number of rotatable bonds is 5. The van der Waals surface area contributed by atoms with Gasteiger partial charge in [0.2, 0.25) is 0 Å². The number of hydrogen-bond donors (Lipinski definition) is 1. The summed E-state index contributed by atoms with van der Waals surface area (Å²) in [6.07, 6.45) is 0. The molecule has 20 heavy (non-hydrogen) atoms. The second-order valence-electron chi connectivity index (χ2n) is 4.52. The highest BCUT2D eigenvalue weighted by molar-refractivity contribution is 7.92. The third-order valence-corrected chi connectivity index (χ3v) is 6.17. The third-order valence-electron chi connectivity index (χ3n) is 2.85. The number of anilines is 1. The molecule has 1 N–H and O–H groups in total. The van der Waals surface area contributed by atoms with Crippen molar-refractivity contribution in [1.82, 2.24) is 0 Å². The smallest absolute Gasteiger partial charge is 0.154 e. The first-order chi connectivity index (χ1) is 9.33. The number of nitrogens with zero attached hydrogens (tertiary/aromatic N) is 2. The Morgan fingerprint density at radius 2 is 1.90 bits per heavy atom. The van der Waals surface area contributed by atoms with E-state index in [1.165, 1.54) is 0 Å². The minimum absolute atomic E-state index is 0.0304. The van der Waals surface area contributed by atoms with Crippen LogP contribution in [-0.2, 0) is 21.2 Å². The van der Waals surface area contributed by atoms with Crippen molar-refractivity contribution in [3.05, 3.63) is 16.1 Å². The predicted molar refractivity (Wildman–Crippen MR) is 85.4 cm³/mol. The Bertz CT molecular complexity index is 711. The van der Waals surface area contributed by atoms with Gasteiger partial charge in [-0.25, -0.2) is 8.42 Å². The Hall–Kier alpha value is -0.630. The molecule has 0 saturated carbocycles. The standard InChI is InChI=1S/C11H13Cl2N3O2S2/c1-6(2)20(17,18)4-3-14-9-7(12)5-8(13)10-11(9)16-19-15-10/h5-6,14H,3-4H2,1-2H3. The first-order valence-electron chi connectivity index (χ1n) is 5.88. The molecule has 0 amide bonds. The summed E-state index contributed by atoms with van der Waals surface area (Å²) < 4.78 is 31.7. The van der Waals surface area contributed by atoms with Crippen molar-refractivity contribution in [2.45, 2.75) is 19.1 Å². The van der Waals surface area contributed by atoms with Crippen LogP contribution in [-0.4, -0.2) is 26.0 Å². The average Bonchev–Trinajstić information content (AvgIpc) is 2.82. The van der Waals surface area contributed by atoms with Gasteiger partial charge >= 0.3 is 0 Å². The molecule has 1 heterocycles. The highest BCUT2D eigenvalue weighted by Gasteiger charge is 2.20. The first kappa shape index (κ1) is 15.8. The maximum atomic E-state index is 11.8. The molecule has 0 fully saturated rings. The first-order valence-corrected chi connectivity index (χ1v) is 9.09. The van der Waals surface area contributed by atoms with Crippen molar-refractivity contribution < 1.29 is 8.42 Å². The minimum atomic E-state index is -3.09. The van der Waals surface area contributed by atoms with Gasteiger partial charge in [0, 0.05) is 6.54 Å². The van der Waals surface area contributed by atoms with Crippen LogP contribution in [0.5, 0.6) is 0 Å². The SMILES string of the molecule is CC(C)S(=O)(=O)CCNc1c(Cl)cc(Cl)c2c1N=S=N2. The van der Waals surface area contributed by atoms with E-state index in [2.05, 4.69) is 14.0 Å². The largest absolute Gasteiger partial charge is 0.381 e. The van der Waals surface area contributed by atoms with Crippen LogP contribution in [0.25, 0.3) is 0 Å². The van der Waals surface area contributed by atoms with E-state index in [1.807, 2.05) is 0 Å². The molecule has 0 aromatic heterocycles. The van der Waals surface area contributed by atoms with Gasteiger partial charge in [0.05, 0.1) is 38.1 Å². The van der Waals surface area contributed by atoms with Gasteiger partial charge in [0.1, 0.15) is 11.4 Å². The number of fused-ring (bicyclic) bond motifs is 1. The van der Waals surface area contributed by atoms with E-state index in [1.54, 1.807) is 19.9 Å². The van der Waals surface area contributed by atoms with Crippen LogP contribution < -0.4 is 5.32 Å². The van der Waals surface area contributed by atoms with Gasteiger partial charge in [-0.15, -0.1) is 0 Å². The summed E-state index contributed by atoms with van der Waals surface area (Å²) >= 11 is 13.2. The van der Waals surface area contributed by atoms with Crippen LogP contribution in [0.1, 0.15) is 13.8 Å². The second kappa shape index (κ2) is 6.01. The Balaban J connectivity index is 2.17. The van der Waals surface area contributed by atoms with E-state index < -0.39 is 15.1 Å². The summed E-state index contributed by atoms with van der Waals surface area (Å²) in [7, 11) is -3.09. The Morgan fingerprint density at radius 3 is 2.55 bits per heavy atom. The lowest BCUT2D eigenvalue weighted by Crippen LogP contribution is -2.23. The lowest BCUT2D eigenvalue weighted by Gasteiger charge is -2.13. The second-order valence-corrected chi connectivity index (χ2v) is 8.54. The molecule has 5 nitrogen and oxygen atoms in total. The molecule has 0 aliphatic carbocycles. The van der Waals surface area contributed by atoms with E-state index >= 15 is 0 Å².